The minimum atomic E-state index is 0.511. The van der Waals surface area contributed by atoms with Crippen LogP contribution in [0.25, 0.3) is 11.1 Å². The average molecular weight is 261 g/mol. The topological polar surface area (TPSA) is 35.0 Å². The average Bonchev–Trinajstić information content (AvgIpc) is 2.39. The molecule has 0 saturated carbocycles. The van der Waals surface area contributed by atoms with Crippen molar-refractivity contribution in [2.24, 2.45) is 0 Å². The molecule has 0 bridgehead atoms. The highest BCUT2D eigenvalue weighted by molar-refractivity contribution is 6.51. The van der Waals surface area contributed by atoms with Crippen molar-refractivity contribution in [1.29, 1.82) is 0 Å². The number of hydrogen-bond acceptors (Lipinski definition) is 3. The standard InChI is InChI=1S/C14H13ClN2O/c1-10-16-13(9-14(17-10)18-2)12(15)8-11-6-4-3-5-7-11/h3-9H,1-2H3/b12-8-. The number of hydrogen-bond donors (Lipinski definition) is 0. The minimum Gasteiger partial charge on any atom is -0.481 e. The van der Waals surface area contributed by atoms with E-state index < -0.39 is 0 Å². The zero-order valence-corrected chi connectivity index (χ0v) is 11.0. The summed E-state index contributed by atoms with van der Waals surface area (Å²) in [6.45, 7) is 1.80. The van der Waals surface area contributed by atoms with Crippen LogP contribution in [0.2, 0.25) is 0 Å². The molecule has 0 aliphatic carbocycles. The number of aryl methyl sites for hydroxylation is 1. The molecule has 18 heavy (non-hydrogen) atoms. The van der Waals surface area contributed by atoms with Crippen molar-refractivity contribution in [3.63, 3.8) is 0 Å². The van der Waals surface area contributed by atoms with Gasteiger partial charge in [-0.2, -0.15) is 4.98 Å². The first kappa shape index (κ1) is 12.6. The third-order valence-corrected chi connectivity index (χ3v) is 2.66. The first-order valence-electron chi connectivity index (χ1n) is 5.51. The van der Waals surface area contributed by atoms with Crippen molar-refractivity contribution in [3.8, 4) is 5.88 Å². The van der Waals surface area contributed by atoms with Crippen LogP contribution < -0.4 is 4.74 Å². The SMILES string of the molecule is COc1cc(/C(Cl)=C/c2ccccc2)nc(C)n1. The van der Waals surface area contributed by atoms with E-state index in [9.17, 15) is 0 Å². The first-order valence-corrected chi connectivity index (χ1v) is 5.89. The second-order valence-corrected chi connectivity index (χ2v) is 4.15. The van der Waals surface area contributed by atoms with Crippen LogP contribution in [0.3, 0.4) is 0 Å². The Morgan fingerprint density at radius 3 is 2.61 bits per heavy atom. The highest BCUT2D eigenvalue weighted by Crippen LogP contribution is 2.22. The molecule has 0 saturated heterocycles. The smallest absolute Gasteiger partial charge is 0.216 e. The van der Waals surface area contributed by atoms with Crippen LogP contribution in [-0.2, 0) is 0 Å². The van der Waals surface area contributed by atoms with E-state index >= 15 is 0 Å². The number of methoxy groups -OCH3 is 1. The molecule has 1 aromatic heterocycles. The van der Waals surface area contributed by atoms with E-state index in [1.165, 1.54) is 0 Å². The van der Waals surface area contributed by atoms with E-state index in [1.54, 1.807) is 20.1 Å². The lowest BCUT2D eigenvalue weighted by atomic mass is 10.2. The van der Waals surface area contributed by atoms with Crippen molar-refractivity contribution < 1.29 is 4.74 Å². The predicted octanol–water partition coefficient (Wildman–Crippen LogP) is 3.53. The van der Waals surface area contributed by atoms with E-state index in [2.05, 4.69) is 9.97 Å². The van der Waals surface area contributed by atoms with Gasteiger partial charge < -0.3 is 4.74 Å². The molecule has 1 aromatic carbocycles. The van der Waals surface area contributed by atoms with Crippen molar-refractivity contribution in [1.82, 2.24) is 9.97 Å². The fourth-order valence-electron chi connectivity index (χ4n) is 1.54. The lowest BCUT2D eigenvalue weighted by Crippen LogP contribution is -1.96. The lowest BCUT2D eigenvalue weighted by Gasteiger charge is -2.04. The largest absolute Gasteiger partial charge is 0.481 e. The van der Waals surface area contributed by atoms with E-state index in [0.29, 0.717) is 22.4 Å². The summed E-state index contributed by atoms with van der Waals surface area (Å²) < 4.78 is 5.10. The van der Waals surface area contributed by atoms with Crippen molar-refractivity contribution in [2.75, 3.05) is 7.11 Å². The third kappa shape index (κ3) is 3.08. The Kier molecular flexibility index (Phi) is 3.95. The second-order valence-electron chi connectivity index (χ2n) is 3.75. The van der Waals surface area contributed by atoms with Crippen LogP contribution in [0.4, 0.5) is 0 Å². The molecule has 0 spiro atoms. The summed E-state index contributed by atoms with van der Waals surface area (Å²) >= 11 is 6.26. The van der Waals surface area contributed by atoms with E-state index in [4.69, 9.17) is 16.3 Å². The van der Waals surface area contributed by atoms with E-state index in [-0.39, 0.29) is 0 Å². The van der Waals surface area contributed by atoms with Crippen LogP contribution in [0.1, 0.15) is 17.1 Å². The Balaban J connectivity index is 2.36. The highest BCUT2D eigenvalue weighted by Gasteiger charge is 2.05. The first-order chi connectivity index (χ1) is 8.69. The van der Waals surface area contributed by atoms with Crippen molar-refractivity contribution in [3.05, 3.63) is 53.5 Å². The Hall–Kier alpha value is -1.87. The maximum absolute atomic E-state index is 6.26. The van der Waals surface area contributed by atoms with Gasteiger partial charge in [0.25, 0.3) is 0 Å². The van der Waals surface area contributed by atoms with Crippen molar-refractivity contribution in [2.45, 2.75) is 6.92 Å². The molecule has 2 aromatic rings. The maximum atomic E-state index is 6.26. The molecule has 0 amide bonds. The monoisotopic (exact) mass is 260 g/mol. The molecular formula is C14H13ClN2O. The van der Waals surface area contributed by atoms with Gasteiger partial charge >= 0.3 is 0 Å². The lowest BCUT2D eigenvalue weighted by molar-refractivity contribution is 0.395. The predicted molar refractivity (Wildman–Crippen MR) is 73.5 cm³/mol. The normalized spacial score (nSPS) is 11.4. The molecule has 0 aliphatic heterocycles. The molecule has 92 valence electrons. The van der Waals surface area contributed by atoms with Gasteiger partial charge in [-0.1, -0.05) is 41.9 Å². The Bertz CT molecular complexity index is 567. The van der Waals surface area contributed by atoms with Gasteiger partial charge in [0.1, 0.15) is 5.82 Å². The van der Waals surface area contributed by atoms with Crippen LogP contribution in [0.15, 0.2) is 36.4 Å². The number of benzene rings is 1. The molecule has 0 N–H and O–H groups in total. The molecule has 2 rings (SSSR count). The van der Waals surface area contributed by atoms with E-state index in [0.717, 1.165) is 5.56 Å². The molecular weight excluding hydrogens is 248 g/mol. The maximum Gasteiger partial charge on any atom is 0.216 e. The van der Waals surface area contributed by atoms with Gasteiger partial charge in [-0.25, -0.2) is 4.98 Å². The Labute approximate surface area is 111 Å². The van der Waals surface area contributed by atoms with Crippen LogP contribution >= 0.6 is 11.6 Å². The fraction of sp³-hybridized carbons (Fsp3) is 0.143. The zero-order valence-electron chi connectivity index (χ0n) is 10.2. The van der Waals surface area contributed by atoms with Gasteiger partial charge in [-0.05, 0) is 18.6 Å². The summed E-state index contributed by atoms with van der Waals surface area (Å²) in [6.07, 6.45) is 1.86. The fourth-order valence-corrected chi connectivity index (χ4v) is 1.76. The van der Waals surface area contributed by atoms with Gasteiger partial charge in [0, 0.05) is 6.07 Å². The number of rotatable bonds is 3. The molecule has 0 radical (unpaired) electrons. The van der Waals surface area contributed by atoms with Gasteiger partial charge in [-0.15, -0.1) is 0 Å². The Morgan fingerprint density at radius 1 is 1.22 bits per heavy atom. The third-order valence-electron chi connectivity index (χ3n) is 2.36. The molecule has 3 nitrogen and oxygen atoms in total. The summed E-state index contributed by atoms with van der Waals surface area (Å²) in [4.78, 5) is 8.41. The summed E-state index contributed by atoms with van der Waals surface area (Å²) in [7, 11) is 1.57. The Morgan fingerprint density at radius 2 is 1.94 bits per heavy atom. The second kappa shape index (κ2) is 5.65. The molecule has 4 heteroatoms. The molecule has 0 atom stereocenters. The molecule has 0 aliphatic rings. The van der Waals surface area contributed by atoms with Gasteiger partial charge in [0.2, 0.25) is 5.88 Å². The number of halogens is 1. The summed E-state index contributed by atoms with van der Waals surface area (Å²) in [6, 6.07) is 11.6. The van der Waals surface area contributed by atoms with Crippen LogP contribution in [-0.4, -0.2) is 17.1 Å². The summed E-state index contributed by atoms with van der Waals surface area (Å²) in [5.41, 5.74) is 1.68. The summed E-state index contributed by atoms with van der Waals surface area (Å²) in [5, 5.41) is 0.560. The summed E-state index contributed by atoms with van der Waals surface area (Å²) in [5.74, 6) is 1.14. The highest BCUT2D eigenvalue weighted by atomic mass is 35.5. The van der Waals surface area contributed by atoms with Crippen LogP contribution in [0.5, 0.6) is 5.88 Å². The van der Waals surface area contributed by atoms with Crippen molar-refractivity contribution >= 4 is 22.7 Å². The quantitative estimate of drug-likeness (QED) is 0.847. The zero-order chi connectivity index (χ0) is 13.0. The molecule has 0 unspecified atom stereocenters. The molecule has 0 fully saturated rings. The number of ether oxygens (including phenoxy) is 1. The van der Waals surface area contributed by atoms with Gasteiger partial charge in [-0.3, -0.25) is 0 Å². The molecule has 1 heterocycles. The van der Waals surface area contributed by atoms with E-state index in [1.807, 2.05) is 36.4 Å². The van der Waals surface area contributed by atoms with Crippen LogP contribution in [0, 0.1) is 6.92 Å². The number of nitrogens with zero attached hydrogens (tertiary/aromatic N) is 2. The van der Waals surface area contributed by atoms with Gasteiger partial charge in [0.15, 0.2) is 0 Å². The minimum absolute atomic E-state index is 0.511. The number of aromatic nitrogens is 2. The van der Waals surface area contributed by atoms with Gasteiger partial charge in [0.05, 0.1) is 17.8 Å².